The van der Waals surface area contributed by atoms with Gasteiger partial charge in [-0.1, -0.05) is 25.1 Å². The number of amides is 3. The Kier molecular flexibility index (Phi) is 8.76. The maximum atomic E-state index is 12.5. The van der Waals surface area contributed by atoms with Crippen LogP contribution in [0.5, 0.6) is 11.5 Å². The summed E-state index contributed by atoms with van der Waals surface area (Å²) in [7, 11) is 0. The first-order valence-corrected chi connectivity index (χ1v) is 11.0. The molecule has 0 aliphatic rings. The van der Waals surface area contributed by atoms with Crippen molar-refractivity contribution in [3.8, 4) is 11.5 Å². The van der Waals surface area contributed by atoms with Crippen LogP contribution in [0.1, 0.15) is 23.7 Å². The van der Waals surface area contributed by atoms with E-state index in [1.807, 2.05) is 42.2 Å². The van der Waals surface area contributed by atoms with Gasteiger partial charge in [0, 0.05) is 29.9 Å². The number of nitrogens with two attached hydrogens (primary N) is 1. The van der Waals surface area contributed by atoms with Crippen LogP contribution in [-0.2, 0) is 9.59 Å². The van der Waals surface area contributed by atoms with Crippen molar-refractivity contribution in [1.29, 1.82) is 0 Å². The van der Waals surface area contributed by atoms with Crippen LogP contribution in [0.25, 0.3) is 0 Å². The number of hydrogen-bond acceptors (Lipinski definition) is 5. The fourth-order valence-corrected chi connectivity index (χ4v) is 3.18. The number of nitrogens with one attached hydrogen (secondary N) is 2. The van der Waals surface area contributed by atoms with Crippen molar-refractivity contribution >= 4 is 29.1 Å². The molecule has 0 saturated heterocycles. The summed E-state index contributed by atoms with van der Waals surface area (Å²) in [5.41, 5.74) is 6.83. The zero-order chi connectivity index (χ0) is 24.3. The van der Waals surface area contributed by atoms with Crippen LogP contribution in [-0.4, -0.2) is 42.3 Å². The maximum Gasteiger partial charge on any atom is 0.248 e. The summed E-state index contributed by atoms with van der Waals surface area (Å²) >= 11 is 0. The molecule has 0 heterocycles. The van der Waals surface area contributed by atoms with Gasteiger partial charge in [0.2, 0.25) is 17.7 Å². The predicted molar refractivity (Wildman–Crippen MR) is 132 cm³/mol. The Labute approximate surface area is 198 Å². The first-order valence-electron chi connectivity index (χ1n) is 11.0. The summed E-state index contributed by atoms with van der Waals surface area (Å²) in [6.45, 7) is 3.15. The number of carbonyl (C=O) groups excluding carboxylic acids is 3. The number of para-hydroxylation sites is 1. The van der Waals surface area contributed by atoms with Crippen molar-refractivity contribution in [1.82, 2.24) is 4.90 Å². The van der Waals surface area contributed by atoms with Gasteiger partial charge >= 0.3 is 0 Å². The summed E-state index contributed by atoms with van der Waals surface area (Å²) in [6.07, 6.45) is 0.226. The van der Waals surface area contributed by atoms with Crippen LogP contribution in [0, 0.1) is 0 Å². The molecule has 3 amide bonds. The van der Waals surface area contributed by atoms with E-state index in [1.165, 1.54) is 0 Å². The summed E-state index contributed by atoms with van der Waals surface area (Å²) < 4.78 is 5.75. The second-order valence-corrected chi connectivity index (χ2v) is 7.60. The quantitative estimate of drug-likeness (QED) is 0.402. The van der Waals surface area contributed by atoms with Gasteiger partial charge in [0.25, 0.3) is 0 Å². The highest BCUT2D eigenvalue weighted by Crippen LogP contribution is 2.22. The first kappa shape index (κ1) is 24.5. The number of likely N-dealkylation sites (N-methyl/N-ethyl adjacent to an activating group) is 1. The fourth-order valence-electron chi connectivity index (χ4n) is 3.18. The molecule has 3 aromatic rings. The zero-order valence-electron chi connectivity index (χ0n) is 19.0. The van der Waals surface area contributed by atoms with Crippen molar-refractivity contribution < 1.29 is 19.1 Å². The summed E-state index contributed by atoms with van der Waals surface area (Å²) in [5.74, 6) is 0.547. The van der Waals surface area contributed by atoms with Gasteiger partial charge in [0.05, 0.1) is 6.54 Å². The van der Waals surface area contributed by atoms with Crippen LogP contribution in [0.4, 0.5) is 11.4 Å². The monoisotopic (exact) mass is 460 g/mol. The topological polar surface area (TPSA) is 114 Å². The van der Waals surface area contributed by atoms with Gasteiger partial charge in [-0.05, 0) is 67.2 Å². The van der Waals surface area contributed by atoms with Gasteiger partial charge in [-0.25, -0.2) is 0 Å². The second kappa shape index (κ2) is 12.2. The Balaban J connectivity index is 1.43. The second-order valence-electron chi connectivity index (χ2n) is 7.60. The molecular weight excluding hydrogens is 432 g/mol. The normalized spacial score (nSPS) is 10.5. The highest BCUT2D eigenvalue weighted by atomic mass is 16.5. The molecule has 0 aliphatic carbocycles. The van der Waals surface area contributed by atoms with Gasteiger partial charge in [-0.15, -0.1) is 0 Å². The van der Waals surface area contributed by atoms with E-state index in [0.29, 0.717) is 35.8 Å². The number of nitrogens with zero attached hydrogens (tertiary/aromatic N) is 1. The molecule has 8 nitrogen and oxygen atoms in total. The van der Waals surface area contributed by atoms with E-state index in [1.54, 1.807) is 48.5 Å². The minimum absolute atomic E-state index is 0.166. The minimum atomic E-state index is -0.522. The molecule has 0 saturated carbocycles. The van der Waals surface area contributed by atoms with Crippen molar-refractivity contribution in [2.45, 2.75) is 13.3 Å². The molecule has 0 fully saturated rings. The molecule has 0 unspecified atom stereocenters. The van der Waals surface area contributed by atoms with Gasteiger partial charge < -0.3 is 21.1 Å². The third kappa shape index (κ3) is 7.75. The number of rotatable bonds is 11. The number of primary amides is 1. The van der Waals surface area contributed by atoms with Crippen molar-refractivity contribution in [3.63, 3.8) is 0 Å². The molecule has 3 aromatic carbocycles. The molecule has 3 rings (SSSR count). The van der Waals surface area contributed by atoms with Crippen LogP contribution < -0.4 is 21.1 Å². The Morgan fingerprint density at radius 3 is 1.94 bits per heavy atom. The lowest BCUT2D eigenvalue weighted by Gasteiger charge is -2.19. The van der Waals surface area contributed by atoms with Crippen LogP contribution in [0.3, 0.4) is 0 Å². The average molecular weight is 461 g/mol. The minimum Gasteiger partial charge on any atom is -0.457 e. The highest BCUT2D eigenvalue weighted by Gasteiger charge is 2.12. The molecule has 0 radical (unpaired) electrons. The standard InChI is InChI=1S/C26H28N4O4/c1-2-30(17-16-24(31)28-20-10-8-19(9-11-20)26(27)33)18-25(32)29-21-12-14-23(15-13-21)34-22-6-4-3-5-7-22/h3-15H,2,16-18H2,1H3,(H2,27,33)(H,28,31)(H,29,32). The number of ether oxygens (including phenoxy) is 1. The third-order valence-corrected chi connectivity index (χ3v) is 5.04. The van der Waals surface area contributed by atoms with Crippen LogP contribution >= 0.6 is 0 Å². The molecule has 0 aliphatic heterocycles. The van der Waals surface area contributed by atoms with Gasteiger partial charge in [-0.2, -0.15) is 0 Å². The fraction of sp³-hybridized carbons (Fsp3) is 0.192. The molecular formula is C26H28N4O4. The lowest BCUT2D eigenvalue weighted by molar-refractivity contribution is -0.119. The zero-order valence-corrected chi connectivity index (χ0v) is 19.0. The molecule has 0 spiro atoms. The van der Waals surface area contributed by atoms with Crippen LogP contribution in [0.2, 0.25) is 0 Å². The van der Waals surface area contributed by atoms with Gasteiger partial charge in [0.1, 0.15) is 11.5 Å². The molecule has 176 valence electrons. The van der Waals surface area contributed by atoms with E-state index in [2.05, 4.69) is 10.6 Å². The predicted octanol–water partition coefficient (Wildman–Crippen LogP) is 3.87. The summed E-state index contributed by atoms with van der Waals surface area (Å²) in [6, 6.07) is 23.0. The summed E-state index contributed by atoms with van der Waals surface area (Å²) in [5, 5.41) is 5.64. The van der Waals surface area contributed by atoms with Crippen LogP contribution in [0.15, 0.2) is 78.9 Å². The lowest BCUT2D eigenvalue weighted by atomic mass is 10.2. The van der Waals surface area contributed by atoms with Gasteiger partial charge in [-0.3, -0.25) is 19.3 Å². The van der Waals surface area contributed by atoms with Crippen molar-refractivity contribution in [2.75, 3.05) is 30.3 Å². The Morgan fingerprint density at radius 1 is 0.794 bits per heavy atom. The lowest BCUT2D eigenvalue weighted by Crippen LogP contribution is -2.35. The van der Waals surface area contributed by atoms with E-state index < -0.39 is 5.91 Å². The molecule has 0 bridgehead atoms. The summed E-state index contributed by atoms with van der Waals surface area (Å²) in [4.78, 5) is 37.7. The number of anilines is 2. The maximum absolute atomic E-state index is 12.5. The Morgan fingerprint density at radius 2 is 1.35 bits per heavy atom. The van der Waals surface area contributed by atoms with E-state index in [-0.39, 0.29) is 24.8 Å². The molecule has 0 aromatic heterocycles. The smallest absolute Gasteiger partial charge is 0.248 e. The average Bonchev–Trinajstić information content (AvgIpc) is 2.84. The molecule has 4 N–H and O–H groups in total. The number of benzene rings is 3. The Hall–Kier alpha value is -4.17. The largest absolute Gasteiger partial charge is 0.457 e. The third-order valence-electron chi connectivity index (χ3n) is 5.04. The first-order chi connectivity index (χ1) is 16.4. The van der Waals surface area contributed by atoms with E-state index in [9.17, 15) is 14.4 Å². The van der Waals surface area contributed by atoms with E-state index >= 15 is 0 Å². The van der Waals surface area contributed by atoms with Crippen molar-refractivity contribution in [2.24, 2.45) is 5.73 Å². The molecule has 34 heavy (non-hydrogen) atoms. The highest BCUT2D eigenvalue weighted by molar-refractivity contribution is 5.95. The van der Waals surface area contributed by atoms with Crippen molar-refractivity contribution in [3.05, 3.63) is 84.4 Å². The molecule has 0 atom stereocenters. The van der Waals surface area contributed by atoms with Gasteiger partial charge in [0.15, 0.2) is 0 Å². The number of carbonyl (C=O) groups is 3. The molecule has 8 heteroatoms. The number of hydrogen-bond donors (Lipinski definition) is 3. The van der Waals surface area contributed by atoms with E-state index in [0.717, 1.165) is 5.75 Å². The SMILES string of the molecule is CCN(CCC(=O)Nc1ccc(C(N)=O)cc1)CC(=O)Nc1ccc(Oc2ccccc2)cc1. The Bertz CT molecular complexity index is 1100. The van der Waals surface area contributed by atoms with E-state index in [4.69, 9.17) is 10.5 Å².